The normalized spacial score (nSPS) is 17.0. The molecule has 0 spiro atoms. The zero-order valence-corrected chi connectivity index (χ0v) is 22.5. The Kier molecular flexibility index (Phi) is 8.03. The predicted octanol–water partition coefficient (Wildman–Crippen LogP) is 5.69. The van der Waals surface area contributed by atoms with Gasteiger partial charge >= 0.3 is 5.97 Å². The van der Waals surface area contributed by atoms with Gasteiger partial charge in [0.05, 0.1) is 17.5 Å². The number of nitrogens with one attached hydrogen (secondary N) is 1. The summed E-state index contributed by atoms with van der Waals surface area (Å²) in [5.41, 5.74) is 6.03. The van der Waals surface area contributed by atoms with Gasteiger partial charge in [0.25, 0.3) is 10.0 Å². The van der Waals surface area contributed by atoms with Gasteiger partial charge in [-0.15, -0.1) is 0 Å². The van der Waals surface area contributed by atoms with E-state index in [0.29, 0.717) is 29.8 Å². The average molecular weight is 516 g/mol. The zero-order valence-electron chi connectivity index (χ0n) is 21.7. The second-order valence-electron chi connectivity index (χ2n) is 10.6. The number of sulfonamides is 1. The lowest BCUT2D eigenvalue weighted by molar-refractivity contribution is -0.161. The number of pyridine rings is 1. The van der Waals surface area contributed by atoms with Crippen molar-refractivity contribution in [1.82, 2.24) is 4.98 Å². The number of esters is 1. The first-order valence-corrected chi connectivity index (χ1v) is 13.8. The van der Waals surface area contributed by atoms with Gasteiger partial charge in [-0.2, -0.15) is 8.42 Å². The maximum atomic E-state index is 13.4. The lowest BCUT2D eigenvalue weighted by atomic mass is 9.70. The monoisotopic (exact) mass is 515 g/mol. The molecule has 2 aromatic rings. The fourth-order valence-electron chi connectivity index (χ4n) is 5.04. The SMILES string of the molecule is CCCC1(CCC)CC(O)=C([C@@H](c2cccc(NS(=O)(=O)c3ccc(N)cn3)c2)C(C)(C)C)C(=O)O1. The molecule has 0 fully saturated rings. The quantitative estimate of drug-likeness (QED) is 0.365. The number of aliphatic hydroxyl groups excluding tert-OH is 1. The van der Waals surface area contributed by atoms with Gasteiger partial charge < -0.3 is 15.6 Å². The molecule has 36 heavy (non-hydrogen) atoms. The van der Waals surface area contributed by atoms with Crippen molar-refractivity contribution in [3.8, 4) is 0 Å². The van der Waals surface area contributed by atoms with Gasteiger partial charge in [-0.3, -0.25) is 4.72 Å². The lowest BCUT2D eigenvalue weighted by Gasteiger charge is -2.41. The van der Waals surface area contributed by atoms with Gasteiger partial charge in [0, 0.05) is 18.0 Å². The highest BCUT2D eigenvalue weighted by atomic mass is 32.2. The Morgan fingerprint density at radius 3 is 2.36 bits per heavy atom. The van der Waals surface area contributed by atoms with E-state index < -0.39 is 32.9 Å². The van der Waals surface area contributed by atoms with Gasteiger partial charge in [-0.1, -0.05) is 59.6 Å². The molecule has 2 heterocycles. The number of hydrogen-bond acceptors (Lipinski definition) is 7. The largest absolute Gasteiger partial charge is 0.512 e. The van der Waals surface area contributed by atoms with Crippen LogP contribution in [0.15, 0.2) is 59.0 Å². The number of rotatable bonds is 9. The second-order valence-corrected chi connectivity index (χ2v) is 12.2. The summed E-state index contributed by atoms with van der Waals surface area (Å²) in [6, 6.07) is 9.64. The average Bonchev–Trinajstić information content (AvgIpc) is 2.76. The summed E-state index contributed by atoms with van der Waals surface area (Å²) >= 11 is 0. The number of aliphatic hydroxyl groups is 1. The van der Waals surface area contributed by atoms with Gasteiger partial charge in [0.2, 0.25) is 0 Å². The summed E-state index contributed by atoms with van der Waals surface area (Å²) in [5.74, 6) is -0.992. The van der Waals surface area contributed by atoms with Crippen molar-refractivity contribution in [1.29, 1.82) is 0 Å². The smallest absolute Gasteiger partial charge is 0.338 e. The van der Waals surface area contributed by atoms with Crippen LogP contribution in [0.3, 0.4) is 0 Å². The standard InChI is InChI=1S/C27H37N3O5S/c1-6-13-27(14-7-2)16-21(31)23(25(32)35-27)24(26(3,4)5)18-9-8-10-20(15-18)30-36(33,34)22-12-11-19(28)17-29-22/h8-12,15,17,24,30-31H,6-7,13-14,16,28H2,1-5H3/t24-/m1/s1. The zero-order chi connectivity index (χ0) is 26.7. The van der Waals surface area contributed by atoms with Crippen molar-refractivity contribution in [3.05, 3.63) is 59.5 Å². The molecule has 1 aromatic heterocycles. The Labute approximate surface area is 214 Å². The summed E-state index contributed by atoms with van der Waals surface area (Å²) in [6.45, 7) is 9.98. The van der Waals surface area contributed by atoms with Crippen molar-refractivity contribution < 1.29 is 23.1 Å². The number of ether oxygens (including phenoxy) is 1. The molecule has 1 atom stereocenters. The molecule has 1 aliphatic heterocycles. The molecule has 0 amide bonds. The Hall–Kier alpha value is -3.07. The number of nitrogens with two attached hydrogens (primary N) is 1. The van der Waals surface area contributed by atoms with Gasteiger partial charge in [-0.25, -0.2) is 9.78 Å². The molecule has 0 saturated heterocycles. The molecule has 8 nitrogen and oxygen atoms in total. The Balaban J connectivity index is 2.01. The minimum absolute atomic E-state index is 0.0464. The lowest BCUT2D eigenvalue weighted by Crippen LogP contribution is -2.42. The van der Waals surface area contributed by atoms with E-state index in [1.165, 1.54) is 18.3 Å². The first-order chi connectivity index (χ1) is 16.8. The highest BCUT2D eigenvalue weighted by molar-refractivity contribution is 7.92. The summed E-state index contributed by atoms with van der Waals surface area (Å²) in [5, 5.41) is 11.0. The maximum Gasteiger partial charge on any atom is 0.338 e. The first-order valence-electron chi connectivity index (χ1n) is 12.3. The fraction of sp³-hybridized carbons (Fsp3) is 0.481. The molecule has 0 unspecified atom stereocenters. The van der Waals surface area contributed by atoms with E-state index in [4.69, 9.17) is 10.5 Å². The molecule has 0 bridgehead atoms. The summed E-state index contributed by atoms with van der Waals surface area (Å²) in [6.07, 6.45) is 4.59. The minimum atomic E-state index is -3.95. The van der Waals surface area contributed by atoms with Crippen LogP contribution in [0.4, 0.5) is 11.4 Å². The molecule has 9 heteroatoms. The van der Waals surface area contributed by atoms with Crippen LogP contribution in [0, 0.1) is 5.41 Å². The number of benzene rings is 1. The van der Waals surface area contributed by atoms with E-state index in [1.807, 2.05) is 40.7 Å². The van der Waals surface area contributed by atoms with E-state index in [-0.39, 0.29) is 22.8 Å². The third-order valence-corrected chi connectivity index (χ3v) is 7.70. The summed E-state index contributed by atoms with van der Waals surface area (Å²) in [4.78, 5) is 17.3. The van der Waals surface area contributed by atoms with Crippen LogP contribution in [-0.4, -0.2) is 30.1 Å². The van der Waals surface area contributed by atoms with Crippen molar-refractivity contribution in [2.45, 2.75) is 83.3 Å². The van der Waals surface area contributed by atoms with Gasteiger partial charge in [0.15, 0.2) is 5.03 Å². The van der Waals surface area contributed by atoms with Crippen LogP contribution < -0.4 is 10.5 Å². The summed E-state index contributed by atoms with van der Waals surface area (Å²) in [7, 11) is -3.95. The second kappa shape index (κ2) is 10.5. The van der Waals surface area contributed by atoms with Crippen LogP contribution in [0.1, 0.15) is 78.2 Å². The number of aromatic nitrogens is 1. The van der Waals surface area contributed by atoms with Crippen LogP contribution in [0.25, 0.3) is 0 Å². The highest BCUT2D eigenvalue weighted by Gasteiger charge is 2.45. The van der Waals surface area contributed by atoms with E-state index in [9.17, 15) is 18.3 Å². The third kappa shape index (κ3) is 6.00. The molecule has 1 aliphatic rings. The van der Waals surface area contributed by atoms with E-state index >= 15 is 0 Å². The molecule has 196 valence electrons. The number of carbonyl (C=O) groups excluding carboxylic acids is 1. The fourth-order valence-corrected chi connectivity index (χ4v) is 6.03. The highest BCUT2D eigenvalue weighted by Crippen LogP contribution is 2.47. The van der Waals surface area contributed by atoms with E-state index in [0.717, 1.165) is 12.8 Å². The van der Waals surface area contributed by atoms with Crippen molar-refractivity contribution >= 4 is 27.4 Å². The van der Waals surface area contributed by atoms with E-state index in [2.05, 4.69) is 9.71 Å². The minimum Gasteiger partial charge on any atom is -0.512 e. The van der Waals surface area contributed by atoms with Gasteiger partial charge in [-0.05, 0) is 48.1 Å². The number of hydrogen-bond donors (Lipinski definition) is 3. The van der Waals surface area contributed by atoms with Gasteiger partial charge in [0.1, 0.15) is 11.4 Å². The van der Waals surface area contributed by atoms with E-state index in [1.54, 1.807) is 18.2 Å². The number of carbonyl (C=O) groups is 1. The number of nitrogens with zero attached hydrogens (tertiary/aromatic N) is 1. The van der Waals surface area contributed by atoms with Crippen LogP contribution in [-0.2, 0) is 19.6 Å². The first kappa shape index (κ1) is 27.5. The van der Waals surface area contributed by atoms with Crippen molar-refractivity contribution in [2.24, 2.45) is 5.41 Å². The molecule has 0 saturated carbocycles. The molecular formula is C27H37N3O5S. The number of cyclic esters (lactones) is 1. The predicted molar refractivity (Wildman–Crippen MR) is 141 cm³/mol. The molecule has 0 aliphatic carbocycles. The third-order valence-electron chi connectivity index (χ3n) is 6.40. The molecular weight excluding hydrogens is 478 g/mol. The molecule has 3 rings (SSSR count). The Morgan fingerprint density at radius 2 is 1.83 bits per heavy atom. The van der Waals surface area contributed by atoms with Crippen LogP contribution in [0.5, 0.6) is 0 Å². The van der Waals surface area contributed by atoms with Crippen LogP contribution in [0.2, 0.25) is 0 Å². The number of anilines is 2. The van der Waals surface area contributed by atoms with Crippen molar-refractivity contribution in [3.63, 3.8) is 0 Å². The molecule has 4 N–H and O–H groups in total. The Morgan fingerprint density at radius 1 is 1.17 bits per heavy atom. The molecule has 0 radical (unpaired) electrons. The van der Waals surface area contributed by atoms with Crippen molar-refractivity contribution in [2.75, 3.05) is 10.5 Å². The Bertz CT molecular complexity index is 1220. The number of nitrogen functional groups attached to an aromatic ring is 1. The molecule has 1 aromatic carbocycles. The van der Waals surface area contributed by atoms with Crippen LogP contribution >= 0.6 is 0 Å². The summed E-state index contributed by atoms with van der Waals surface area (Å²) < 4.78 is 34.3. The maximum absolute atomic E-state index is 13.4. The topological polar surface area (TPSA) is 132 Å².